The fourth-order valence-corrected chi connectivity index (χ4v) is 1.03. The minimum Gasteiger partial charge on any atom is -0.478 e. The summed E-state index contributed by atoms with van der Waals surface area (Å²) >= 11 is 0. The van der Waals surface area contributed by atoms with Crippen molar-refractivity contribution < 1.29 is 23.8 Å². The zero-order chi connectivity index (χ0) is 12.1. The Kier molecular flexibility index (Phi) is 4.12. The van der Waals surface area contributed by atoms with Gasteiger partial charge in [0.05, 0.1) is 17.4 Å². The molecule has 0 aliphatic carbocycles. The van der Waals surface area contributed by atoms with Crippen molar-refractivity contribution in [3.63, 3.8) is 0 Å². The molecule has 1 unspecified atom stereocenters. The average Bonchev–Trinajstić information content (AvgIpc) is 2.25. The van der Waals surface area contributed by atoms with Gasteiger partial charge in [-0.1, -0.05) is 0 Å². The number of pyridine rings is 1. The van der Waals surface area contributed by atoms with Crippen molar-refractivity contribution >= 4 is 11.7 Å². The molecular weight excluding hydrogens is 222 g/mol. The highest BCUT2D eigenvalue weighted by Gasteiger charge is 2.17. The number of aliphatic hydroxyl groups excluding tert-OH is 1. The number of rotatable bonds is 5. The zero-order valence-corrected chi connectivity index (χ0v) is 8.10. The molecule has 0 spiro atoms. The second-order valence-electron chi connectivity index (χ2n) is 3.01. The molecule has 0 fully saturated rings. The molecule has 0 aliphatic rings. The van der Waals surface area contributed by atoms with E-state index in [0.29, 0.717) is 0 Å². The predicted octanol–water partition coefficient (Wildman–Crippen LogP) is 0.818. The van der Waals surface area contributed by atoms with Crippen LogP contribution in [-0.2, 0) is 0 Å². The molecule has 1 rings (SSSR count). The number of aliphatic hydroxyl groups is 1. The predicted molar refractivity (Wildman–Crippen MR) is 51.7 cm³/mol. The van der Waals surface area contributed by atoms with Crippen molar-refractivity contribution in [2.75, 3.05) is 11.9 Å². The second-order valence-corrected chi connectivity index (χ2v) is 3.01. The van der Waals surface area contributed by atoms with Crippen LogP contribution in [-0.4, -0.2) is 40.2 Å². The first-order chi connectivity index (χ1) is 7.52. The maximum absolute atomic E-state index is 12.0. The Morgan fingerprint density at radius 2 is 2.25 bits per heavy atom. The van der Waals surface area contributed by atoms with E-state index in [4.69, 9.17) is 10.2 Å². The highest BCUT2D eigenvalue weighted by atomic mass is 19.3. The summed E-state index contributed by atoms with van der Waals surface area (Å²) in [5.41, 5.74) is 0.00571. The number of anilines is 1. The van der Waals surface area contributed by atoms with Crippen LogP contribution in [0.15, 0.2) is 18.5 Å². The maximum atomic E-state index is 12.0. The van der Waals surface area contributed by atoms with E-state index in [0.717, 1.165) is 0 Å². The third-order valence-corrected chi connectivity index (χ3v) is 1.84. The molecule has 88 valence electrons. The van der Waals surface area contributed by atoms with Gasteiger partial charge in [-0.2, -0.15) is 0 Å². The van der Waals surface area contributed by atoms with Crippen LogP contribution in [0.3, 0.4) is 0 Å². The van der Waals surface area contributed by atoms with E-state index in [9.17, 15) is 13.6 Å². The van der Waals surface area contributed by atoms with Crippen molar-refractivity contribution in [1.82, 2.24) is 4.98 Å². The Morgan fingerprint density at radius 3 is 2.81 bits per heavy atom. The van der Waals surface area contributed by atoms with Crippen LogP contribution < -0.4 is 5.32 Å². The maximum Gasteiger partial charge on any atom is 0.337 e. The van der Waals surface area contributed by atoms with Gasteiger partial charge in [-0.15, -0.1) is 0 Å². The standard InChI is InChI=1S/C9H10F2N2O3/c10-8(11)7(14)4-13-6-3-12-2-1-5(6)9(15)16/h1-3,7-8,13-14H,4H2,(H,15,16). The number of aromatic carboxylic acids is 1. The molecule has 16 heavy (non-hydrogen) atoms. The van der Waals surface area contributed by atoms with Crippen LogP contribution in [0.5, 0.6) is 0 Å². The number of nitrogens with one attached hydrogen (secondary N) is 1. The zero-order valence-electron chi connectivity index (χ0n) is 8.10. The van der Waals surface area contributed by atoms with E-state index in [1.54, 1.807) is 0 Å². The fraction of sp³-hybridized carbons (Fsp3) is 0.333. The van der Waals surface area contributed by atoms with E-state index in [1.807, 2.05) is 0 Å². The lowest BCUT2D eigenvalue weighted by Gasteiger charge is -2.12. The Balaban J connectivity index is 2.70. The van der Waals surface area contributed by atoms with Gasteiger partial charge in [0.25, 0.3) is 6.43 Å². The summed E-state index contributed by atoms with van der Waals surface area (Å²) in [4.78, 5) is 14.4. The minimum absolute atomic E-state index is 0.0866. The van der Waals surface area contributed by atoms with E-state index < -0.39 is 25.0 Å². The van der Waals surface area contributed by atoms with Crippen LogP contribution in [0.25, 0.3) is 0 Å². The van der Waals surface area contributed by atoms with Crippen molar-refractivity contribution in [2.24, 2.45) is 0 Å². The lowest BCUT2D eigenvalue weighted by molar-refractivity contribution is 0.00383. The third-order valence-electron chi connectivity index (χ3n) is 1.84. The van der Waals surface area contributed by atoms with Gasteiger partial charge in [0.2, 0.25) is 0 Å². The number of carbonyl (C=O) groups is 1. The molecule has 1 aromatic heterocycles. The number of hydrogen-bond donors (Lipinski definition) is 3. The van der Waals surface area contributed by atoms with E-state index in [2.05, 4.69) is 10.3 Å². The topological polar surface area (TPSA) is 82.5 Å². The number of alkyl halides is 2. The SMILES string of the molecule is O=C(O)c1ccncc1NCC(O)C(F)F. The highest BCUT2D eigenvalue weighted by molar-refractivity contribution is 5.93. The third kappa shape index (κ3) is 3.13. The van der Waals surface area contributed by atoms with Gasteiger partial charge < -0.3 is 15.5 Å². The Morgan fingerprint density at radius 1 is 1.56 bits per heavy atom. The number of halogens is 2. The molecule has 7 heteroatoms. The summed E-state index contributed by atoms with van der Waals surface area (Å²) in [6, 6.07) is 1.24. The number of carboxylic acid groups (broad SMARTS) is 1. The van der Waals surface area contributed by atoms with E-state index in [1.165, 1.54) is 18.5 Å². The molecule has 0 aromatic carbocycles. The Bertz CT molecular complexity index is 374. The summed E-state index contributed by atoms with van der Waals surface area (Å²) in [5.74, 6) is -1.20. The van der Waals surface area contributed by atoms with Crippen LogP contribution >= 0.6 is 0 Å². The highest BCUT2D eigenvalue weighted by Crippen LogP contribution is 2.13. The number of carboxylic acids is 1. The average molecular weight is 232 g/mol. The van der Waals surface area contributed by atoms with Gasteiger partial charge in [0, 0.05) is 12.7 Å². The summed E-state index contributed by atoms with van der Waals surface area (Å²) in [7, 11) is 0. The van der Waals surface area contributed by atoms with Gasteiger partial charge in [0.15, 0.2) is 0 Å². The number of hydrogen-bond acceptors (Lipinski definition) is 4. The quantitative estimate of drug-likeness (QED) is 0.700. The largest absolute Gasteiger partial charge is 0.478 e. The van der Waals surface area contributed by atoms with Gasteiger partial charge in [0.1, 0.15) is 6.10 Å². The van der Waals surface area contributed by atoms with Crippen molar-refractivity contribution in [3.8, 4) is 0 Å². The summed E-state index contributed by atoms with van der Waals surface area (Å²) in [6.45, 7) is -0.441. The molecule has 3 N–H and O–H groups in total. The van der Waals surface area contributed by atoms with Gasteiger partial charge in [-0.3, -0.25) is 4.98 Å². The van der Waals surface area contributed by atoms with Gasteiger partial charge >= 0.3 is 5.97 Å². The van der Waals surface area contributed by atoms with Crippen molar-refractivity contribution in [1.29, 1.82) is 0 Å². The second kappa shape index (κ2) is 5.36. The molecule has 1 atom stereocenters. The molecule has 0 amide bonds. The molecular formula is C9H10F2N2O3. The molecule has 0 saturated carbocycles. The minimum atomic E-state index is -2.88. The summed E-state index contributed by atoms with van der Waals surface area (Å²) < 4.78 is 23.9. The van der Waals surface area contributed by atoms with E-state index in [-0.39, 0.29) is 11.3 Å². The molecule has 1 aromatic rings. The first-order valence-electron chi connectivity index (χ1n) is 4.39. The summed E-state index contributed by atoms with van der Waals surface area (Å²) in [6.07, 6.45) is -2.25. The Hall–Kier alpha value is -1.76. The van der Waals surface area contributed by atoms with E-state index >= 15 is 0 Å². The fourth-order valence-electron chi connectivity index (χ4n) is 1.03. The van der Waals surface area contributed by atoms with Gasteiger partial charge in [-0.05, 0) is 6.07 Å². The number of aromatic nitrogens is 1. The van der Waals surface area contributed by atoms with Crippen LogP contribution in [0.2, 0.25) is 0 Å². The molecule has 1 heterocycles. The van der Waals surface area contributed by atoms with Gasteiger partial charge in [-0.25, -0.2) is 13.6 Å². The summed E-state index contributed by atoms with van der Waals surface area (Å²) in [5, 5.41) is 20.0. The lowest BCUT2D eigenvalue weighted by atomic mass is 10.2. The van der Waals surface area contributed by atoms with Crippen molar-refractivity contribution in [3.05, 3.63) is 24.0 Å². The first kappa shape index (κ1) is 12.3. The lowest BCUT2D eigenvalue weighted by Crippen LogP contribution is -2.27. The van der Waals surface area contributed by atoms with Crippen LogP contribution in [0.4, 0.5) is 14.5 Å². The first-order valence-corrected chi connectivity index (χ1v) is 4.39. The van der Waals surface area contributed by atoms with Crippen molar-refractivity contribution in [2.45, 2.75) is 12.5 Å². The van der Waals surface area contributed by atoms with Crippen LogP contribution in [0.1, 0.15) is 10.4 Å². The normalized spacial score (nSPS) is 12.5. The molecule has 0 saturated heterocycles. The van der Waals surface area contributed by atoms with Crippen LogP contribution in [0, 0.1) is 0 Å². The molecule has 0 bridgehead atoms. The molecule has 0 aliphatic heterocycles. The monoisotopic (exact) mass is 232 g/mol. The number of nitrogens with zero attached hydrogens (tertiary/aromatic N) is 1. The molecule has 0 radical (unpaired) electrons. The Labute approximate surface area is 89.7 Å². The smallest absolute Gasteiger partial charge is 0.337 e. The molecule has 5 nitrogen and oxygen atoms in total.